The van der Waals surface area contributed by atoms with E-state index >= 15 is 0 Å². The second-order valence-corrected chi connectivity index (χ2v) is 7.30. The molecule has 0 aliphatic heterocycles. The lowest BCUT2D eigenvalue weighted by atomic mass is 10.0. The molecule has 0 bridgehead atoms. The van der Waals surface area contributed by atoms with Crippen LogP contribution in [0.15, 0.2) is 71.3 Å². The average molecular weight is 386 g/mol. The lowest BCUT2D eigenvalue weighted by Gasteiger charge is -2.26. The van der Waals surface area contributed by atoms with E-state index in [1.54, 1.807) is 24.5 Å². The summed E-state index contributed by atoms with van der Waals surface area (Å²) in [5.74, 6) is -0.255. The molecule has 1 N–H and O–H groups in total. The SMILES string of the molecule is CC(C)N(C)c1cc2cc(C(=O)O)ccc2nc1-c1occc1-c1ccccc1. The van der Waals surface area contributed by atoms with Crippen molar-refractivity contribution >= 4 is 22.6 Å². The molecule has 5 nitrogen and oxygen atoms in total. The maximum atomic E-state index is 11.4. The second kappa shape index (κ2) is 7.43. The van der Waals surface area contributed by atoms with E-state index in [-0.39, 0.29) is 11.6 Å². The number of carboxylic acid groups (broad SMARTS) is 1. The second-order valence-electron chi connectivity index (χ2n) is 7.30. The van der Waals surface area contributed by atoms with Gasteiger partial charge in [-0.1, -0.05) is 30.3 Å². The molecule has 0 spiro atoms. The molecule has 0 fully saturated rings. The van der Waals surface area contributed by atoms with E-state index in [1.807, 2.05) is 49.5 Å². The number of aromatic carboxylic acids is 1. The van der Waals surface area contributed by atoms with Crippen molar-refractivity contribution < 1.29 is 14.3 Å². The van der Waals surface area contributed by atoms with Crippen LogP contribution in [0.1, 0.15) is 24.2 Å². The van der Waals surface area contributed by atoms with Crippen LogP contribution in [0.3, 0.4) is 0 Å². The maximum absolute atomic E-state index is 11.4. The van der Waals surface area contributed by atoms with Crippen molar-refractivity contribution in [1.82, 2.24) is 4.98 Å². The number of nitrogens with zero attached hydrogens (tertiary/aromatic N) is 2. The van der Waals surface area contributed by atoms with Crippen LogP contribution >= 0.6 is 0 Å². The van der Waals surface area contributed by atoms with Crippen LogP contribution in [0.25, 0.3) is 33.5 Å². The number of hydrogen-bond acceptors (Lipinski definition) is 4. The molecule has 4 aromatic rings. The van der Waals surface area contributed by atoms with Gasteiger partial charge in [0, 0.05) is 24.0 Å². The third-order valence-corrected chi connectivity index (χ3v) is 5.16. The zero-order chi connectivity index (χ0) is 20.5. The van der Waals surface area contributed by atoms with Crippen molar-refractivity contribution in [3.63, 3.8) is 0 Å². The van der Waals surface area contributed by atoms with Gasteiger partial charge in [-0.25, -0.2) is 9.78 Å². The lowest BCUT2D eigenvalue weighted by Crippen LogP contribution is -2.26. The molecule has 0 aliphatic rings. The van der Waals surface area contributed by atoms with Crippen LogP contribution in [0, 0.1) is 0 Å². The lowest BCUT2D eigenvalue weighted by molar-refractivity contribution is 0.0697. The van der Waals surface area contributed by atoms with Crippen LogP contribution in [0.2, 0.25) is 0 Å². The molecule has 0 amide bonds. The number of hydrogen-bond donors (Lipinski definition) is 1. The van der Waals surface area contributed by atoms with Gasteiger partial charge in [0.15, 0.2) is 5.76 Å². The van der Waals surface area contributed by atoms with E-state index in [0.717, 1.165) is 33.4 Å². The summed E-state index contributed by atoms with van der Waals surface area (Å²) in [5.41, 5.74) is 4.62. The Labute approximate surface area is 169 Å². The standard InChI is InChI=1S/C24H22N2O3/c1-15(2)26(3)21-14-18-13-17(24(27)28)9-10-20(18)25-22(21)23-19(11-12-29-23)16-7-5-4-6-8-16/h4-15H,1-3H3,(H,27,28). The topological polar surface area (TPSA) is 66.6 Å². The summed E-state index contributed by atoms with van der Waals surface area (Å²) in [5, 5.41) is 10.1. The summed E-state index contributed by atoms with van der Waals surface area (Å²) in [6.45, 7) is 4.20. The predicted molar refractivity (Wildman–Crippen MR) is 115 cm³/mol. The van der Waals surface area contributed by atoms with Crippen LogP contribution in [0.4, 0.5) is 5.69 Å². The fourth-order valence-electron chi connectivity index (χ4n) is 3.35. The van der Waals surface area contributed by atoms with Crippen molar-refractivity contribution in [2.24, 2.45) is 0 Å². The van der Waals surface area contributed by atoms with Gasteiger partial charge in [-0.2, -0.15) is 0 Å². The zero-order valence-electron chi connectivity index (χ0n) is 16.6. The van der Waals surface area contributed by atoms with Crippen molar-refractivity contribution in [2.45, 2.75) is 19.9 Å². The molecule has 2 aromatic heterocycles. The Bertz CT molecular complexity index is 1180. The highest BCUT2D eigenvalue weighted by atomic mass is 16.4. The molecule has 0 unspecified atom stereocenters. The number of anilines is 1. The third kappa shape index (κ3) is 3.47. The third-order valence-electron chi connectivity index (χ3n) is 5.16. The highest BCUT2D eigenvalue weighted by Gasteiger charge is 2.21. The van der Waals surface area contributed by atoms with E-state index < -0.39 is 5.97 Å². The summed E-state index contributed by atoms with van der Waals surface area (Å²) in [4.78, 5) is 18.4. The Morgan fingerprint density at radius 3 is 2.52 bits per heavy atom. The minimum absolute atomic E-state index is 0.228. The number of rotatable bonds is 5. The Hall–Kier alpha value is -3.60. The monoisotopic (exact) mass is 386 g/mol. The number of carbonyl (C=O) groups is 1. The smallest absolute Gasteiger partial charge is 0.335 e. The number of furan rings is 1. The fraction of sp³-hybridized carbons (Fsp3) is 0.167. The first-order chi connectivity index (χ1) is 14.0. The number of aromatic nitrogens is 1. The first-order valence-electron chi connectivity index (χ1n) is 9.50. The Kier molecular flexibility index (Phi) is 4.80. The molecule has 0 aliphatic carbocycles. The van der Waals surface area contributed by atoms with E-state index in [9.17, 15) is 9.90 Å². The Balaban J connectivity index is 1.97. The molecule has 0 radical (unpaired) electrons. The molecule has 146 valence electrons. The molecule has 4 rings (SSSR count). The number of pyridine rings is 1. The molecule has 29 heavy (non-hydrogen) atoms. The van der Waals surface area contributed by atoms with E-state index in [1.165, 1.54) is 0 Å². The normalized spacial score (nSPS) is 11.2. The number of fused-ring (bicyclic) bond motifs is 1. The predicted octanol–water partition coefficient (Wildman–Crippen LogP) is 5.70. The number of carboxylic acids is 1. The highest BCUT2D eigenvalue weighted by Crippen LogP contribution is 2.39. The minimum Gasteiger partial charge on any atom is -0.478 e. The van der Waals surface area contributed by atoms with Gasteiger partial charge in [-0.15, -0.1) is 0 Å². The summed E-state index contributed by atoms with van der Waals surface area (Å²) in [7, 11) is 2.00. The van der Waals surface area contributed by atoms with Gasteiger partial charge in [0.25, 0.3) is 0 Å². The molecular formula is C24H22N2O3. The average Bonchev–Trinajstić information content (AvgIpc) is 3.22. The molecular weight excluding hydrogens is 364 g/mol. The van der Waals surface area contributed by atoms with E-state index in [0.29, 0.717) is 5.76 Å². The van der Waals surface area contributed by atoms with Gasteiger partial charge < -0.3 is 14.4 Å². The van der Waals surface area contributed by atoms with Gasteiger partial charge in [0.2, 0.25) is 0 Å². The Morgan fingerprint density at radius 1 is 1.07 bits per heavy atom. The molecule has 2 aromatic carbocycles. The van der Waals surface area contributed by atoms with E-state index in [4.69, 9.17) is 9.40 Å². The first-order valence-corrected chi connectivity index (χ1v) is 9.50. The molecule has 0 saturated heterocycles. The quantitative estimate of drug-likeness (QED) is 0.476. The fourth-order valence-corrected chi connectivity index (χ4v) is 3.35. The van der Waals surface area contributed by atoms with Crippen LogP contribution in [0.5, 0.6) is 0 Å². The minimum atomic E-state index is -0.952. The molecule has 0 saturated carbocycles. The molecule has 5 heteroatoms. The van der Waals surface area contributed by atoms with Crippen molar-refractivity contribution in [1.29, 1.82) is 0 Å². The van der Waals surface area contributed by atoms with Crippen LogP contribution in [-0.4, -0.2) is 29.1 Å². The highest BCUT2D eigenvalue weighted by molar-refractivity contribution is 5.96. The molecule has 0 atom stereocenters. The van der Waals surface area contributed by atoms with E-state index in [2.05, 4.69) is 18.7 Å². The largest absolute Gasteiger partial charge is 0.478 e. The number of benzene rings is 2. The van der Waals surface area contributed by atoms with Crippen molar-refractivity contribution in [3.05, 3.63) is 72.5 Å². The van der Waals surface area contributed by atoms with Crippen molar-refractivity contribution in [3.8, 4) is 22.6 Å². The molecule has 2 heterocycles. The summed E-state index contributed by atoms with van der Waals surface area (Å²) < 4.78 is 5.90. The summed E-state index contributed by atoms with van der Waals surface area (Å²) in [6, 6.07) is 19.2. The van der Waals surface area contributed by atoms with Crippen LogP contribution < -0.4 is 4.90 Å². The summed E-state index contributed by atoms with van der Waals surface area (Å²) >= 11 is 0. The van der Waals surface area contributed by atoms with Gasteiger partial charge in [0.1, 0.15) is 5.69 Å². The van der Waals surface area contributed by atoms with Gasteiger partial charge >= 0.3 is 5.97 Å². The Morgan fingerprint density at radius 2 is 1.83 bits per heavy atom. The van der Waals surface area contributed by atoms with Gasteiger partial charge in [-0.05, 0) is 49.7 Å². The summed E-state index contributed by atoms with van der Waals surface area (Å²) in [6.07, 6.45) is 1.68. The first kappa shape index (κ1) is 18.7. The zero-order valence-corrected chi connectivity index (χ0v) is 16.6. The maximum Gasteiger partial charge on any atom is 0.335 e. The van der Waals surface area contributed by atoms with Gasteiger partial charge in [-0.3, -0.25) is 0 Å². The van der Waals surface area contributed by atoms with Crippen molar-refractivity contribution in [2.75, 3.05) is 11.9 Å². The van der Waals surface area contributed by atoms with Gasteiger partial charge in [0.05, 0.1) is 23.0 Å². The van der Waals surface area contributed by atoms with Crippen LogP contribution in [-0.2, 0) is 0 Å².